The summed E-state index contributed by atoms with van der Waals surface area (Å²) in [6.45, 7) is 2.47. The van der Waals surface area contributed by atoms with Crippen LogP contribution in [0.5, 0.6) is 11.8 Å². The summed E-state index contributed by atoms with van der Waals surface area (Å²) < 4.78 is 94.2. The van der Waals surface area contributed by atoms with Gasteiger partial charge in [0.15, 0.2) is 5.82 Å². The zero-order valence-electron chi connectivity index (χ0n) is 48.0. The van der Waals surface area contributed by atoms with Gasteiger partial charge in [-0.2, -0.15) is 8.78 Å². The van der Waals surface area contributed by atoms with Crippen LogP contribution in [0.3, 0.4) is 0 Å². The summed E-state index contributed by atoms with van der Waals surface area (Å²) in [5, 5.41) is 13.0. The third-order valence-corrected chi connectivity index (χ3v) is 15.8. The van der Waals surface area contributed by atoms with Gasteiger partial charge in [0.05, 0.1) is 35.7 Å². The number of fused-ring (bicyclic) bond motifs is 3. The van der Waals surface area contributed by atoms with Crippen LogP contribution in [0, 0.1) is 23.5 Å². The van der Waals surface area contributed by atoms with E-state index >= 15 is 0 Å². The third-order valence-electron chi connectivity index (χ3n) is 13.9. The van der Waals surface area contributed by atoms with E-state index in [9.17, 15) is 26.0 Å². The van der Waals surface area contributed by atoms with E-state index in [1.807, 2.05) is 61.1 Å². The molecule has 0 aliphatic carbocycles. The second-order valence-corrected chi connectivity index (χ2v) is 22.8. The second kappa shape index (κ2) is 28.7. The van der Waals surface area contributed by atoms with E-state index in [2.05, 4.69) is 75.5 Å². The zero-order valence-corrected chi connectivity index (χ0v) is 50.3. The molecule has 12 rings (SSSR count). The van der Waals surface area contributed by atoms with E-state index in [-0.39, 0.29) is 23.5 Å². The van der Waals surface area contributed by atoms with Crippen molar-refractivity contribution in [3.63, 3.8) is 0 Å². The molecule has 26 heteroatoms. The van der Waals surface area contributed by atoms with Crippen molar-refractivity contribution in [3.8, 4) is 11.8 Å². The summed E-state index contributed by atoms with van der Waals surface area (Å²) in [5.41, 5.74) is 8.46. The van der Waals surface area contributed by atoms with E-state index in [0.717, 1.165) is 78.6 Å². The minimum absolute atomic E-state index is 0.157. The standard InChI is InChI=1S/C23H22ClF2N5O2S.C20H17ClFN5O.C20H18FN5O/c1-2-7-34(32,33)31-20-5-4-19(25)18(22(20)26)13-28-21-6-3-14(10-27-21)8-15-11-29-23-17(15)9-16(24)12-30-23;1-28-18-5-2-12(9-24-18)8-23-17-4-3-13(19(22)27-17)6-14-10-25-20-16(14)7-15(21)11-26-20;1-27-18-7-4-13(11-24-18)10-23-17-6-5-14(19(21)26-17)9-15-12-25-20-16(15)3-2-8-22-20/h3-6,9-12,31H,2,7-8,13H2,1H3,(H,27,28)(H,29,30);2-5,7,9-11H,6,8H2,1H3,(H,23,27)(H,25,26);2-8,11-12H,9-10H2,1H3,(H,22,25)(H,23,26). The van der Waals surface area contributed by atoms with Crippen molar-refractivity contribution in [1.29, 1.82) is 0 Å². The van der Waals surface area contributed by atoms with Crippen molar-refractivity contribution in [2.45, 2.75) is 52.2 Å². The number of nitrogens with one attached hydrogen (secondary N) is 7. The van der Waals surface area contributed by atoms with E-state index in [1.54, 1.807) is 101 Å². The molecular formula is C63H57Cl2F4N15O4S. The Morgan fingerprint density at radius 3 is 1.53 bits per heavy atom. The fourth-order valence-electron chi connectivity index (χ4n) is 9.33. The molecule has 12 aromatic rings. The molecule has 0 saturated carbocycles. The first-order chi connectivity index (χ1) is 43.1. The Labute approximate surface area is 518 Å². The van der Waals surface area contributed by atoms with Gasteiger partial charge in [-0.15, -0.1) is 0 Å². The number of aromatic amines is 3. The first-order valence-electron chi connectivity index (χ1n) is 27.7. The number of H-pyrrole nitrogens is 3. The minimum Gasteiger partial charge on any atom is -0.481 e. The Hall–Kier alpha value is -9.91. The van der Waals surface area contributed by atoms with Gasteiger partial charge in [-0.25, -0.2) is 57.1 Å². The SMILES string of the molecule is CCCS(=O)(=O)Nc1ccc(F)c(CNc2ccc(Cc3c[nH]c4ncc(Cl)cc34)cn2)c1F.COc1ccc(CNc2ccc(Cc3c[nH]c4ncc(Cl)cc34)c(F)n2)cn1.COc1ccc(CNc2ccc(Cc3c[nH]c4ncccc34)c(F)n2)cn1. The molecule has 11 heterocycles. The average molecular weight is 1270 g/mol. The highest BCUT2D eigenvalue weighted by atomic mass is 35.5. The molecule has 0 radical (unpaired) electrons. The van der Waals surface area contributed by atoms with E-state index < -0.39 is 33.6 Å². The van der Waals surface area contributed by atoms with Gasteiger partial charge < -0.3 is 40.4 Å². The van der Waals surface area contributed by atoms with Crippen molar-refractivity contribution < 1.29 is 35.5 Å². The molecule has 7 N–H and O–H groups in total. The van der Waals surface area contributed by atoms with Gasteiger partial charge in [-0.3, -0.25) is 4.72 Å². The first-order valence-corrected chi connectivity index (χ1v) is 30.1. The molecule has 0 unspecified atom stereocenters. The van der Waals surface area contributed by atoms with Gasteiger partial charge in [-0.05, 0) is 94.4 Å². The molecule has 456 valence electrons. The number of anilines is 4. The molecule has 0 amide bonds. The highest BCUT2D eigenvalue weighted by Gasteiger charge is 2.19. The van der Waals surface area contributed by atoms with Gasteiger partial charge in [-0.1, -0.05) is 60.5 Å². The van der Waals surface area contributed by atoms with Crippen LogP contribution in [-0.2, 0) is 48.9 Å². The summed E-state index contributed by atoms with van der Waals surface area (Å²) >= 11 is 12.1. The molecule has 11 aromatic heterocycles. The molecule has 0 bridgehead atoms. The summed E-state index contributed by atoms with van der Waals surface area (Å²) in [6.07, 6.45) is 17.3. The minimum atomic E-state index is -3.71. The zero-order chi connectivity index (χ0) is 62.4. The van der Waals surface area contributed by atoms with Crippen molar-refractivity contribution in [2.75, 3.05) is 40.6 Å². The molecule has 0 aliphatic heterocycles. The number of sulfonamides is 1. The number of methoxy groups -OCH3 is 2. The quantitative estimate of drug-likeness (QED) is 0.0261. The van der Waals surface area contributed by atoms with Crippen molar-refractivity contribution in [2.24, 2.45) is 0 Å². The van der Waals surface area contributed by atoms with Crippen LogP contribution < -0.4 is 30.1 Å². The lowest BCUT2D eigenvalue weighted by atomic mass is 10.1. The van der Waals surface area contributed by atoms with Gasteiger partial charge in [0.2, 0.25) is 33.7 Å². The van der Waals surface area contributed by atoms with Crippen LogP contribution in [0.2, 0.25) is 10.0 Å². The summed E-state index contributed by atoms with van der Waals surface area (Å²) in [5.74, 6) is -0.437. The Bertz CT molecular complexity index is 4500. The van der Waals surface area contributed by atoms with Gasteiger partial charge in [0.25, 0.3) is 0 Å². The largest absolute Gasteiger partial charge is 0.481 e. The molecular weight excluding hydrogens is 1210 g/mol. The number of benzene rings is 1. The normalized spacial score (nSPS) is 11.2. The summed E-state index contributed by atoms with van der Waals surface area (Å²) in [4.78, 5) is 42.7. The van der Waals surface area contributed by atoms with Crippen LogP contribution in [0.15, 0.2) is 153 Å². The Balaban J connectivity index is 0.000000148. The van der Waals surface area contributed by atoms with Gasteiger partial charge >= 0.3 is 0 Å². The van der Waals surface area contributed by atoms with Gasteiger partial charge in [0, 0.05) is 140 Å². The van der Waals surface area contributed by atoms with Crippen LogP contribution in [-0.4, -0.2) is 83.2 Å². The number of ether oxygens (including phenoxy) is 2. The highest BCUT2D eigenvalue weighted by molar-refractivity contribution is 7.92. The van der Waals surface area contributed by atoms with E-state index in [4.69, 9.17) is 32.7 Å². The van der Waals surface area contributed by atoms with Crippen molar-refractivity contribution in [3.05, 3.63) is 236 Å². The maximum absolute atomic E-state index is 14.8. The Kier molecular flexibility index (Phi) is 20.1. The molecule has 0 spiro atoms. The lowest BCUT2D eigenvalue weighted by Gasteiger charge is -2.13. The van der Waals surface area contributed by atoms with Crippen molar-refractivity contribution in [1.82, 2.24) is 54.8 Å². The fourth-order valence-corrected chi connectivity index (χ4v) is 10.8. The number of halogens is 6. The lowest BCUT2D eigenvalue weighted by molar-refractivity contribution is 0.397. The highest BCUT2D eigenvalue weighted by Crippen LogP contribution is 2.28. The fraction of sp³-hybridized carbons (Fsp3) is 0.175. The summed E-state index contributed by atoms with van der Waals surface area (Å²) in [7, 11) is -0.569. The average Bonchev–Trinajstić information content (AvgIpc) is 2.54. The number of pyridine rings is 8. The molecule has 1 aromatic carbocycles. The Morgan fingerprint density at radius 1 is 0.517 bits per heavy atom. The number of aromatic nitrogens is 11. The summed E-state index contributed by atoms with van der Waals surface area (Å²) in [6, 6.07) is 27.5. The molecule has 89 heavy (non-hydrogen) atoms. The molecule has 0 fully saturated rings. The van der Waals surface area contributed by atoms with Crippen LogP contribution in [0.25, 0.3) is 33.1 Å². The second-order valence-electron chi connectivity index (χ2n) is 20.1. The van der Waals surface area contributed by atoms with Crippen LogP contribution >= 0.6 is 23.2 Å². The van der Waals surface area contributed by atoms with Crippen LogP contribution in [0.4, 0.5) is 40.7 Å². The number of rotatable bonds is 21. The lowest BCUT2D eigenvalue weighted by Crippen LogP contribution is -2.18. The molecule has 0 saturated heterocycles. The third kappa shape index (κ3) is 16.2. The molecule has 0 atom stereocenters. The van der Waals surface area contributed by atoms with E-state index in [1.165, 1.54) is 0 Å². The van der Waals surface area contributed by atoms with Gasteiger partial charge in [0.1, 0.15) is 40.2 Å². The molecule has 0 aliphatic rings. The predicted octanol–water partition coefficient (Wildman–Crippen LogP) is 13.3. The monoisotopic (exact) mass is 1270 g/mol. The van der Waals surface area contributed by atoms with E-state index in [0.29, 0.717) is 89.2 Å². The maximum Gasteiger partial charge on any atom is 0.232 e. The van der Waals surface area contributed by atoms with Crippen LogP contribution in [0.1, 0.15) is 63.4 Å². The number of nitrogens with zero attached hydrogens (tertiary/aromatic N) is 8. The Morgan fingerprint density at radius 2 is 1.02 bits per heavy atom. The maximum atomic E-state index is 14.8. The number of hydrogen-bond acceptors (Lipinski definition) is 15. The molecule has 19 nitrogen and oxygen atoms in total. The smallest absolute Gasteiger partial charge is 0.232 e. The first kappa shape index (κ1) is 62.2. The van der Waals surface area contributed by atoms with Crippen molar-refractivity contribution >= 4 is 89.5 Å². The predicted molar refractivity (Wildman–Crippen MR) is 337 cm³/mol. The number of hydrogen-bond donors (Lipinski definition) is 7. The topological polar surface area (TPSA) is 251 Å².